The van der Waals surface area contributed by atoms with Crippen molar-refractivity contribution in [3.05, 3.63) is 29.3 Å². The van der Waals surface area contributed by atoms with Gasteiger partial charge in [0.1, 0.15) is 9.84 Å². The molecule has 0 spiro atoms. The second kappa shape index (κ2) is 4.66. The fourth-order valence-electron chi connectivity index (χ4n) is 0.979. The van der Waals surface area contributed by atoms with E-state index in [2.05, 4.69) is 5.32 Å². The van der Waals surface area contributed by atoms with Crippen molar-refractivity contribution in [1.82, 2.24) is 0 Å². The molecule has 14 heavy (non-hydrogen) atoms. The highest BCUT2D eigenvalue weighted by molar-refractivity contribution is 7.90. The lowest BCUT2D eigenvalue weighted by molar-refractivity contribution is 0.602. The second-order valence-corrected chi connectivity index (χ2v) is 5.76. The van der Waals surface area contributed by atoms with E-state index in [1.165, 1.54) is 6.26 Å². The number of sulfone groups is 1. The van der Waals surface area contributed by atoms with E-state index in [1.54, 1.807) is 12.1 Å². The first-order chi connectivity index (χ1) is 6.47. The smallest absolute Gasteiger partial charge is 0.149 e. The maximum atomic E-state index is 10.8. The van der Waals surface area contributed by atoms with E-state index in [0.717, 1.165) is 5.69 Å². The number of nitrogens with one attached hydrogen (secondary N) is 1. The lowest BCUT2D eigenvalue weighted by atomic mass is 10.3. The molecule has 1 N–H and O–H groups in total. The molecule has 0 aliphatic carbocycles. The molecule has 78 valence electrons. The third-order valence-electron chi connectivity index (χ3n) is 1.63. The van der Waals surface area contributed by atoms with Crippen LogP contribution in [0.15, 0.2) is 24.3 Å². The van der Waals surface area contributed by atoms with Gasteiger partial charge in [0.15, 0.2) is 0 Å². The molecular formula is C9H12ClNO2S. The third-order valence-corrected chi connectivity index (χ3v) is 2.81. The van der Waals surface area contributed by atoms with E-state index in [1.807, 2.05) is 12.1 Å². The Labute approximate surface area is 89.0 Å². The fraction of sp³-hybridized carbons (Fsp3) is 0.333. The number of anilines is 1. The molecule has 0 radical (unpaired) electrons. The Hall–Kier alpha value is -0.740. The van der Waals surface area contributed by atoms with Crippen molar-refractivity contribution in [2.24, 2.45) is 0 Å². The summed E-state index contributed by atoms with van der Waals surface area (Å²) in [5, 5.41) is 3.61. The SMILES string of the molecule is CS(=O)(=O)CCNc1cccc(Cl)c1. The average Bonchev–Trinajstić information content (AvgIpc) is 2.01. The van der Waals surface area contributed by atoms with Gasteiger partial charge in [-0.15, -0.1) is 0 Å². The van der Waals surface area contributed by atoms with Gasteiger partial charge in [-0.2, -0.15) is 0 Å². The Kier molecular flexibility index (Phi) is 3.77. The van der Waals surface area contributed by atoms with Crippen molar-refractivity contribution in [3.8, 4) is 0 Å². The lowest BCUT2D eigenvalue weighted by Gasteiger charge is -2.05. The largest absolute Gasteiger partial charge is 0.384 e. The zero-order valence-corrected chi connectivity index (χ0v) is 9.40. The summed E-state index contributed by atoms with van der Waals surface area (Å²) < 4.78 is 21.6. The minimum atomic E-state index is -2.90. The van der Waals surface area contributed by atoms with Crippen molar-refractivity contribution in [2.45, 2.75) is 0 Å². The number of hydrogen-bond donors (Lipinski definition) is 1. The van der Waals surface area contributed by atoms with Gasteiger partial charge in [-0.25, -0.2) is 8.42 Å². The third kappa shape index (κ3) is 4.48. The van der Waals surface area contributed by atoms with Crippen LogP contribution in [0.1, 0.15) is 0 Å². The van der Waals surface area contributed by atoms with Crippen LogP contribution in [-0.2, 0) is 9.84 Å². The van der Waals surface area contributed by atoms with Gasteiger partial charge < -0.3 is 5.32 Å². The number of hydrogen-bond acceptors (Lipinski definition) is 3. The molecule has 0 aliphatic rings. The minimum Gasteiger partial charge on any atom is -0.384 e. The van der Waals surface area contributed by atoms with Crippen LogP contribution >= 0.6 is 11.6 Å². The van der Waals surface area contributed by atoms with Crippen molar-refractivity contribution in [1.29, 1.82) is 0 Å². The van der Waals surface area contributed by atoms with Gasteiger partial charge in [-0.1, -0.05) is 17.7 Å². The van der Waals surface area contributed by atoms with Crippen LogP contribution in [-0.4, -0.2) is 27.0 Å². The first-order valence-electron chi connectivity index (χ1n) is 4.14. The normalized spacial score (nSPS) is 11.3. The van der Waals surface area contributed by atoms with Crippen molar-refractivity contribution in [3.63, 3.8) is 0 Å². The van der Waals surface area contributed by atoms with Crippen molar-refractivity contribution in [2.75, 3.05) is 23.9 Å². The molecule has 5 heteroatoms. The molecule has 0 unspecified atom stereocenters. The quantitative estimate of drug-likeness (QED) is 0.863. The van der Waals surface area contributed by atoms with Gasteiger partial charge in [0.25, 0.3) is 0 Å². The van der Waals surface area contributed by atoms with Crippen LogP contribution in [0.2, 0.25) is 5.02 Å². The number of halogens is 1. The second-order valence-electron chi connectivity index (χ2n) is 3.07. The molecule has 0 saturated heterocycles. The molecule has 3 nitrogen and oxygen atoms in total. The molecule has 0 saturated carbocycles. The van der Waals surface area contributed by atoms with Gasteiger partial charge in [-0.05, 0) is 18.2 Å². The van der Waals surface area contributed by atoms with Gasteiger partial charge in [0.05, 0.1) is 5.75 Å². The predicted octanol–water partition coefficient (Wildman–Crippen LogP) is 1.80. The fourth-order valence-corrected chi connectivity index (χ4v) is 1.64. The Morgan fingerprint density at radius 2 is 2.14 bits per heavy atom. The Morgan fingerprint density at radius 1 is 1.43 bits per heavy atom. The monoisotopic (exact) mass is 233 g/mol. The zero-order valence-electron chi connectivity index (χ0n) is 7.83. The molecule has 0 bridgehead atoms. The summed E-state index contributed by atoms with van der Waals surface area (Å²) in [4.78, 5) is 0. The van der Waals surface area contributed by atoms with E-state index >= 15 is 0 Å². The first-order valence-corrected chi connectivity index (χ1v) is 6.58. The van der Waals surface area contributed by atoms with Gasteiger partial charge in [0.2, 0.25) is 0 Å². The number of benzene rings is 1. The molecule has 0 aliphatic heterocycles. The molecule has 0 aromatic heterocycles. The molecule has 0 heterocycles. The molecule has 1 aromatic carbocycles. The highest BCUT2D eigenvalue weighted by Gasteiger charge is 2.00. The van der Waals surface area contributed by atoms with Crippen LogP contribution in [0.25, 0.3) is 0 Å². The summed E-state index contributed by atoms with van der Waals surface area (Å²) in [7, 11) is -2.90. The van der Waals surface area contributed by atoms with Crippen LogP contribution < -0.4 is 5.32 Å². The molecule has 0 atom stereocenters. The van der Waals surface area contributed by atoms with Gasteiger partial charge >= 0.3 is 0 Å². The summed E-state index contributed by atoms with van der Waals surface area (Å²) in [5.74, 6) is 0.125. The van der Waals surface area contributed by atoms with E-state index in [4.69, 9.17) is 11.6 Å². The topological polar surface area (TPSA) is 46.2 Å². The van der Waals surface area contributed by atoms with E-state index in [0.29, 0.717) is 11.6 Å². The minimum absolute atomic E-state index is 0.125. The predicted molar refractivity (Wildman–Crippen MR) is 59.7 cm³/mol. The standard InChI is InChI=1S/C9H12ClNO2S/c1-14(12,13)6-5-11-9-4-2-3-8(10)7-9/h2-4,7,11H,5-6H2,1H3. The first kappa shape index (κ1) is 11.3. The van der Waals surface area contributed by atoms with E-state index in [-0.39, 0.29) is 5.75 Å². The van der Waals surface area contributed by atoms with Gasteiger partial charge in [0, 0.05) is 23.5 Å². The van der Waals surface area contributed by atoms with Crippen LogP contribution in [0, 0.1) is 0 Å². The summed E-state index contributed by atoms with van der Waals surface area (Å²) >= 11 is 5.76. The zero-order chi connectivity index (χ0) is 10.6. The van der Waals surface area contributed by atoms with E-state index < -0.39 is 9.84 Å². The highest BCUT2D eigenvalue weighted by Crippen LogP contribution is 2.14. The molecule has 1 aromatic rings. The average molecular weight is 234 g/mol. The molecule has 1 rings (SSSR count). The summed E-state index contributed by atoms with van der Waals surface area (Å²) in [6.45, 7) is 0.402. The van der Waals surface area contributed by atoms with Gasteiger partial charge in [-0.3, -0.25) is 0 Å². The maximum Gasteiger partial charge on any atom is 0.149 e. The van der Waals surface area contributed by atoms with Crippen LogP contribution in [0.3, 0.4) is 0 Å². The summed E-state index contributed by atoms with van der Waals surface area (Å²) in [6.07, 6.45) is 1.21. The summed E-state index contributed by atoms with van der Waals surface area (Å²) in [6, 6.07) is 7.17. The van der Waals surface area contributed by atoms with E-state index in [9.17, 15) is 8.42 Å². The van der Waals surface area contributed by atoms with Crippen molar-refractivity contribution >= 4 is 27.1 Å². The lowest BCUT2D eigenvalue weighted by Crippen LogP contribution is -2.13. The van der Waals surface area contributed by atoms with Crippen molar-refractivity contribution < 1.29 is 8.42 Å². The molecule has 0 amide bonds. The molecular weight excluding hydrogens is 222 g/mol. The Bertz CT molecular complexity index is 403. The molecule has 0 fully saturated rings. The van der Waals surface area contributed by atoms with Crippen LogP contribution in [0.5, 0.6) is 0 Å². The Morgan fingerprint density at radius 3 is 2.71 bits per heavy atom. The highest BCUT2D eigenvalue weighted by atomic mass is 35.5. The Balaban J connectivity index is 2.47. The maximum absolute atomic E-state index is 10.8. The van der Waals surface area contributed by atoms with Crippen LogP contribution in [0.4, 0.5) is 5.69 Å². The summed E-state index contributed by atoms with van der Waals surface area (Å²) in [5.41, 5.74) is 0.834. The number of rotatable bonds is 4.